The molecule has 15 nitrogen and oxygen atoms in total. The van der Waals surface area contributed by atoms with E-state index in [-0.39, 0.29) is 25.7 Å². The van der Waals surface area contributed by atoms with Gasteiger partial charge in [-0.25, -0.2) is 9.78 Å². The highest BCUT2D eigenvalue weighted by molar-refractivity contribution is 5.95. The molecule has 0 aliphatic heterocycles. The lowest BCUT2D eigenvalue weighted by molar-refractivity contribution is -0.145. The molecule has 2 heterocycles. The number of carboxylic acids is 2. The van der Waals surface area contributed by atoms with Crippen LogP contribution in [-0.2, 0) is 36.8 Å². The zero-order valence-corrected chi connectivity index (χ0v) is 22.2. The van der Waals surface area contributed by atoms with Gasteiger partial charge < -0.3 is 47.0 Å². The van der Waals surface area contributed by atoms with E-state index in [4.69, 9.17) is 10.8 Å². The predicted octanol–water partition coefficient (Wildman–Crippen LogP) is -1.21. The average molecular weight is 572 g/mol. The fourth-order valence-electron chi connectivity index (χ4n) is 4.16. The van der Waals surface area contributed by atoms with Crippen molar-refractivity contribution in [2.24, 2.45) is 5.73 Å². The number of aliphatic carboxylic acids is 2. The van der Waals surface area contributed by atoms with Crippen LogP contribution in [0.2, 0.25) is 0 Å². The first-order valence-corrected chi connectivity index (χ1v) is 12.8. The molecule has 0 aliphatic carbocycles. The summed E-state index contributed by atoms with van der Waals surface area (Å²) in [7, 11) is 0. The SMILES string of the molecule is CC(O)C(NC(=O)C(Cc1c[nH]c2ccccc12)NC(=O)C(Cc1cnc[nH]1)NC(=O)C(N)CCC(=O)O)C(=O)O. The molecular weight excluding hydrogens is 538 g/mol. The molecule has 0 fully saturated rings. The molecule has 2 aromatic heterocycles. The molecule has 0 aliphatic rings. The summed E-state index contributed by atoms with van der Waals surface area (Å²) < 4.78 is 0. The Morgan fingerprint density at radius 1 is 0.951 bits per heavy atom. The number of imidazole rings is 1. The third kappa shape index (κ3) is 8.61. The molecule has 3 rings (SSSR count). The van der Waals surface area contributed by atoms with Crippen LogP contribution in [0.5, 0.6) is 0 Å². The minimum atomic E-state index is -1.64. The highest BCUT2D eigenvalue weighted by Crippen LogP contribution is 2.19. The summed E-state index contributed by atoms with van der Waals surface area (Å²) in [5, 5.41) is 36.3. The van der Waals surface area contributed by atoms with Crippen molar-refractivity contribution in [2.75, 3.05) is 0 Å². The Morgan fingerprint density at radius 3 is 2.24 bits per heavy atom. The van der Waals surface area contributed by atoms with Crippen LogP contribution in [0.1, 0.15) is 31.0 Å². The van der Waals surface area contributed by atoms with Gasteiger partial charge in [-0.1, -0.05) is 18.2 Å². The third-order valence-electron chi connectivity index (χ3n) is 6.40. The van der Waals surface area contributed by atoms with Crippen LogP contribution in [0.3, 0.4) is 0 Å². The number of carbonyl (C=O) groups is 5. The largest absolute Gasteiger partial charge is 0.481 e. The number of aromatic amines is 2. The number of hydrogen-bond acceptors (Lipinski definition) is 8. The van der Waals surface area contributed by atoms with E-state index in [9.17, 15) is 34.2 Å². The maximum absolute atomic E-state index is 13.5. The number of aliphatic hydroxyl groups is 1. The number of nitrogens with zero attached hydrogens (tertiary/aromatic N) is 1. The summed E-state index contributed by atoms with van der Waals surface area (Å²) >= 11 is 0. The van der Waals surface area contributed by atoms with Crippen molar-refractivity contribution in [3.63, 3.8) is 0 Å². The molecular formula is C26H33N7O8. The quantitative estimate of drug-likeness (QED) is 0.105. The highest BCUT2D eigenvalue weighted by atomic mass is 16.4. The molecule has 10 N–H and O–H groups in total. The fourth-order valence-corrected chi connectivity index (χ4v) is 4.16. The first-order chi connectivity index (χ1) is 19.5. The molecule has 1 aromatic carbocycles. The van der Waals surface area contributed by atoms with E-state index in [1.54, 1.807) is 12.3 Å². The minimum absolute atomic E-state index is 0.0589. The Hall–Kier alpha value is -4.76. The summed E-state index contributed by atoms with van der Waals surface area (Å²) in [5.74, 6) is -5.04. The summed E-state index contributed by atoms with van der Waals surface area (Å²) in [6, 6.07) is 1.82. The van der Waals surface area contributed by atoms with Crippen molar-refractivity contribution in [1.29, 1.82) is 0 Å². The number of carbonyl (C=O) groups excluding carboxylic acids is 3. The number of para-hydroxylation sites is 1. The van der Waals surface area contributed by atoms with Gasteiger partial charge in [0.1, 0.15) is 12.1 Å². The van der Waals surface area contributed by atoms with E-state index in [2.05, 4.69) is 30.9 Å². The molecule has 3 amide bonds. The van der Waals surface area contributed by atoms with Gasteiger partial charge in [0, 0.05) is 48.3 Å². The monoisotopic (exact) mass is 571 g/mol. The molecule has 5 atom stereocenters. The normalized spacial score (nSPS) is 14.8. The Balaban J connectivity index is 1.86. The number of H-pyrrole nitrogens is 2. The molecule has 41 heavy (non-hydrogen) atoms. The zero-order chi connectivity index (χ0) is 30.1. The summed E-state index contributed by atoms with van der Waals surface area (Å²) in [5.41, 5.74) is 7.72. The van der Waals surface area contributed by atoms with Crippen molar-refractivity contribution in [2.45, 2.75) is 62.9 Å². The van der Waals surface area contributed by atoms with E-state index in [1.807, 2.05) is 18.2 Å². The van der Waals surface area contributed by atoms with Crippen LogP contribution < -0.4 is 21.7 Å². The third-order valence-corrected chi connectivity index (χ3v) is 6.40. The second-order valence-corrected chi connectivity index (χ2v) is 9.57. The number of amides is 3. The van der Waals surface area contributed by atoms with E-state index in [0.717, 1.165) is 10.9 Å². The second-order valence-electron chi connectivity index (χ2n) is 9.57. The van der Waals surface area contributed by atoms with Gasteiger partial charge in [0.2, 0.25) is 17.7 Å². The molecule has 0 saturated carbocycles. The lowest BCUT2D eigenvalue weighted by Crippen LogP contribution is -2.59. The molecule has 15 heteroatoms. The molecule has 0 saturated heterocycles. The standard InChI is InChI=1S/C26H33N7O8/c1-13(34)22(26(40)41)33-25(39)19(8-14-10-29-18-5-3-2-4-16(14)18)32-24(38)20(9-15-11-28-12-30-15)31-23(37)17(27)6-7-21(35)36/h2-5,10-13,17,19-20,22,29,34H,6-9,27H2,1H3,(H,28,30)(H,31,37)(H,32,38)(H,33,39)(H,35,36)(H,40,41). The van der Waals surface area contributed by atoms with Gasteiger partial charge in [-0.3, -0.25) is 19.2 Å². The van der Waals surface area contributed by atoms with Crippen molar-refractivity contribution < 1.29 is 39.3 Å². The first-order valence-electron chi connectivity index (χ1n) is 12.8. The van der Waals surface area contributed by atoms with Gasteiger partial charge in [0.15, 0.2) is 6.04 Å². The van der Waals surface area contributed by atoms with E-state index in [0.29, 0.717) is 11.3 Å². The number of aromatic nitrogens is 3. The number of nitrogens with one attached hydrogen (secondary N) is 5. The Bertz CT molecular complexity index is 1370. The van der Waals surface area contributed by atoms with E-state index < -0.39 is 59.9 Å². The molecule has 0 radical (unpaired) electrons. The molecule has 220 valence electrons. The minimum Gasteiger partial charge on any atom is -0.481 e. The number of aliphatic hydroxyl groups excluding tert-OH is 1. The van der Waals surface area contributed by atoms with Gasteiger partial charge in [0.25, 0.3) is 0 Å². The van der Waals surface area contributed by atoms with Crippen molar-refractivity contribution in [3.8, 4) is 0 Å². The summed E-state index contributed by atoms with van der Waals surface area (Å²) in [6.07, 6.45) is 2.39. The zero-order valence-electron chi connectivity index (χ0n) is 22.2. The van der Waals surface area contributed by atoms with Crippen molar-refractivity contribution >= 4 is 40.6 Å². The van der Waals surface area contributed by atoms with Gasteiger partial charge in [-0.15, -0.1) is 0 Å². The van der Waals surface area contributed by atoms with Crippen molar-refractivity contribution in [1.82, 2.24) is 30.9 Å². The van der Waals surface area contributed by atoms with Crippen LogP contribution >= 0.6 is 0 Å². The van der Waals surface area contributed by atoms with Crippen LogP contribution in [0.25, 0.3) is 10.9 Å². The lowest BCUT2D eigenvalue weighted by atomic mass is 10.0. The van der Waals surface area contributed by atoms with E-state index >= 15 is 0 Å². The number of rotatable bonds is 15. The fraction of sp³-hybridized carbons (Fsp3) is 0.385. The molecule has 0 spiro atoms. The number of hydrogen-bond donors (Lipinski definition) is 9. The maximum Gasteiger partial charge on any atom is 0.328 e. The number of benzene rings is 1. The van der Waals surface area contributed by atoms with Gasteiger partial charge >= 0.3 is 11.9 Å². The number of fused-ring (bicyclic) bond motifs is 1. The lowest BCUT2D eigenvalue weighted by Gasteiger charge is -2.25. The second kappa shape index (κ2) is 14.0. The smallest absolute Gasteiger partial charge is 0.328 e. The first kappa shape index (κ1) is 30.8. The van der Waals surface area contributed by atoms with Gasteiger partial charge in [-0.2, -0.15) is 0 Å². The summed E-state index contributed by atoms with van der Waals surface area (Å²) in [4.78, 5) is 71.8. The Labute approximate surface area is 233 Å². The number of carboxylic acid groups (broad SMARTS) is 2. The van der Waals surface area contributed by atoms with E-state index in [1.165, 1.54) is 19.4 Å². The number of nitrogens with two attached hydrogens (primary N) is 1. The van der Waals surface area contributed by atoms with Crippen molar-refractivity contribution in [3.05, 3.63) is 54.2 Å². The Morgan fingerprint density at radius 2 is 1.61 bits per heavy atom. The van der Waals surface area contributed by atoms with Gasteiger partial charge in [0.05, 0.1) is 18.5 Å². The molecule has 3 aromatic rings. The van der Waals surface area contributed by atoms with Crippen LogP contribution in [0.4, 0.5) is 0 Å². The average Bonchev–Trinajstić information content (AvgIpc) is 3.59. The van der Waals surface area contributed by atoms with Gasteiger partial charge in [-0.05, 0) is 25.0 Å². The molecule has 5 unspecified atom stereocenters. The summed E-state index contributed by atoms with van der Waals surface area (Å²) in [6.45, 7) is 1.20. The maximum atomic E-state index is 13.5. The van der Waals surface area contributed by atoms with Crippen LogP contribution in [0, 0.1) is 0 Å². The topological polar surface area (TPSA) is 253 Å². The predicted molar refractivity (Wildman–Crippen MR) is 144 cm³/mol. The van der Waals surface area contributed by atoms with Crippen LogP contribution in [0.15, 0.2) is 43.0 Å². The highest BCUT2D eigenvalue weighted by Gasteiger charge is 2.32. The Kier molecular flexibility index (Phi) is 10.5. The molecule has 0 bridgehead atoms. The van der Waals surface area contributed by atoms with Crippen LogP contribution in [-0.4, -0.2) is 90.2 Å².